The lowest BCUT2D eigenvalue weighted by Crippen LogP contribution is -2.39. The fourth-order valence-corrected chi connectivity index (χ4v) is 1.67. The zero-order valence-electron chi connectivity index (χ0n) is 9.10. The van der Waals surface area contributed by atoms with Crippen LogP contribution < -0.4 is 9.64 Å². The molecule has 4 nitrogen and oxygen atoms in total. The van der Waals surface area contributed by atoms with Gasteiger partial charge in [-0.2, -0.15) is 0 Å². The number of carbonyl (C=O) groups excluding carboxylic acids is 2. The molecule has 0 saturated carbocycles. The highest BCUT2D eigenvalue weighted by atomic mass is 16.5. The van der Waals surface area contributed by atoms with Gasteiger partial charge in [-0.3, -0.25) is 9.59 Å². The number of Topliss-reactive ketones (excluding diaryl/α,β-unsaturated/α-hetero) is 1. The van der Waals surface area contributed by atoms with E-state index in [0.717, 1.165) is 5.69 Å². The van der Waals surface area contributed by atoms with Crippen LogP contribution in [0.4, 0.5) is 5.69 Å². The van der Waals surface area contributed by atoms with E-state index in [2.05, 4.69) is 0 Å². The van der Waals surface area contributed by atoms with Crippen LogP contribution >= 0.6 is 0 Å². The number of anilines is 1. The van der Waals surface area contributed by atoms with E-state index in [-0.39, 0.29) is 18.3 Å². The van der Waals surface area contributed by atoms with Gasteiger partial charge >= 0.3 is 0 Å². The number of fused-ring (bicyclic) bond motifs is 1. The zero-order valence-corrected chi connectivity index (χ0v) is 9.10. The molecule has 1 aliphatic rings. The molecule has 0 aromatic heterocycles. The Morgan fingerprint density at radius 3 is 2.94 bits per heavy atom. The molecule has 0 unspecified atom stereocenters. The number of carbonyl (C=O) groups is 2. The summed E-state index contributed by atoms with van der Waals surface area (Å²) in [6.45, 7) is 2.00. The monoisotopic (exact) mass is 219 g/mol. The van der Waals surface area contributed by atoms with Crippen LogP contribution in [0.5, 0.6) is 5.75 Å². The predicted molar refractivity (Wildman–Crippen MR) is 59.6 cm³/mol. The van der Waals surface area contributed by atoms with Crippen molar-refractivity contribution in [2.45, 2.75) is 13.3 Å². The Kier molecular flexibility index (Phi) is 2.90. The first kappa shape index (κ1) is 10.7. The van der Waals surface area contributed by atoms with Crippen molar-refractivity contribution in [1.29, 1.82) is 0 Å². The Labute approximate surface area is 93.8 Å². The fraction of sp³-hybridized carbons (Fsp3) is 0.333. The summed E-state index contributed by atoms with van der Waals surface area (Å²) in [6, 6.07) is 7.36. The molecule has 0 saturated heterocycles. The van der Waals surface area contributed by atoms with E-state index in [0.29, 0.717) is 18.7 Å². The highest BCUT2D eigenvalue weighted by molar-refractivity contribution is 5.98. The van der Waals surface area contributed by atoms with Gasteiger partial charge < -0.3 is 9.64 Å². The highest BCUT2D eigenvalue weighted by Gasteiger charge is 2.24. The minimum Gasteiger partial charge on any atom is -0.482 e. The van der Waals surface area contributed by atoms with Crippen molar-refractivity contribution < 1.29 is 14.3 Å². The number of rotatable bonds is 3. The van der Waals surface area contributed by atoms with Crippen molar-refractivity contribution in [3.63, 3.8) is 0 Å². The summed E-state index contributed by atoms with van der Waals surface area (Å²) in [7, 11) is 0. The van der Waals surface area contributed by atoms with Crippen molar-refractivity contribution in [2.24, 2.45) is 0 Å². The van der Waals surface area contributed by atoms with Crippen molar-refractivity contribution in [3.05, 3.63) is 24.3 Å². The molecular weight excluding hydrogens is 206 g/mol. The summed E-state index contributed by atoms with van der Waals surface area (Å²) in [6.07, 6.45) is 0.375. The number of hydrogen-bond donors (Lipinski definition) is 0. The third kappa shape index (κ3) is 2.05. The average Bonchev–Trinajstić information content (AvgIpc) is 2.27. The molecule has 1 aliphatic heterocycles. The Morgan fingerprint density at radius 1 is 1.44 bits per heavy atom. The summed E-state index contributed by atoms with van der Waals surface area (Å²) >= 11 is 0. The lowest BCUT2D eigenvalue weighted by Gasteiger charge is -2.28. The van der Waals surface area contributed by atoms with Crippen LogP contribution in [0.3, 0.4) is 0 Å². The lowest BCUT2D eigenvalue weighted by atomic mass is 10.2. The van der Waals surface area contributed by atoms with Gasteiger partial charge in [-0.05, 0) is 19.1 Å². The van der Waals surface area contributed by atoms with Crippen LogP contribution in [0.15, 0.2) is 24.3 Å². The molecule has 0 aliphatic carbocycles. The van der Waals surface area contributed by atoms with Crippen molar-refractivity contribution in [1.82, 2.24) is 0 Å². The van der Waals surface area contributed by atoms with Gasteiger partial charge in [-0.1, -0.05) is 12.1 Å². The molecule has 0 N–H and O–H groups in total. The Hall–Kier alpha value is -1.84. The maximum Gasteiger partial charge on any atom is 0.265 e. The van der Waals surface area contributed by atoms with E-state index >= 15 is 0 Å². The average molecular weight is 219 g/mol. The highest BCUT2D eigenvalue weighted by Crippen LogP contribution is 2.31. The largest absolute Gasteiger partial charge is 0.482 e. The van der Waals surface area contributed by atoms with Gasteiger partial charge in [0.1, 0.15) is 11.5 Å². The number of benzene rings is 1. The third-order valence-electron chi connectivity index (χ3n) is 2.50. The van der Waals surface area contributed by atoms with Crippen LogP contribution in [0.2, 0.25) is 0 Å². The van der Waals surface area contributed by atoms with E-state index in [1.165, 1.54) is 6.92 Å². The molecule has 1 aromatic rings. The number of nitrogens with zero attached hydrogens (tertiary/aromatic N) is 1. The van der Waals surface area contributed by atoms with Gasteiger partial charge in [-0.25, -0.2) is 0 Å². The lowest BCUT2D eigenvalue weighted by molar-refractivity contribution is -0.121. The van der Waals surface area contributed by atoms with Crippen molar-refractivity contribution in [2.75, 3.05) is 18.1 Å². The van der Waals surface area contributed by atoms with Crippen LogP contribution in [-0.4, -0.2) is 24.8 Å². The molecule has 0 atom stereocenters. The van der Waals surface area contributed by atoms with E-state index in [1.807, 2.05) is 24.3 Å². The minimum atomic E-state index is -0.0973. The maximum atomic E-state index is 11.7. The van der Waals surface area contributed by atoms with Crippen molar-refractivity contribution >= 4 is 17.4 Å². The first-order chi connectivity index (χ1) is 7.68. The molecule has 16 heavy (non-hydrogen) atoms. The molecule has 2 rings (SSSR count). The molecule has 1 heterocycles. The molecule has 0 radical (unpaired) electrons. The Bertz CT molecular complexity index is 428. The number of para-hydroxylation sites is 2. The Morgan fingerprint density at radius 2 is 2.19 bits per heavy atom. The number of amides is 1. The molecule has 4 heteroatoms. The molecule has 0 fully saturated rings. The first-order valence-corrected chi connectivity index (χ1v) is 5.20. The first-order valence-electron chi connectivity index (χ1n) is 5.20. The summed E-state index contributed by atoms with van der Waals surface area (Å²) in [5.74, 6) is 0.683. The summed E-state index contributed by atoms with van der Waals surface area (Å²) in [4.78, 5) is 24.2. The molecule has 84 valence electrons. The van der Waals surface area contributed by atoms with Gasteiger partial charge in [0.15, 0.2) is 6.61 Å². The standard InChI is InChI=1S/C12H13NO3/c1-9(14)6-7-13-10-4-2-3-5-11(10)16-8-12(13)15/h2-5H,6-8H2,1H3. The van der Waals surface area contributed by atoms with Gasteiger partial charge in [0.05, 0.1) is 5.69 Å². The number of ether oxygens (including phenoxy) is 1. The van der Waals surface area contributed by atoms with Crippen LogP contribution in [0.1, 0.15) is 13.3 Å². The smallest absolute Gasteiger partial charge is 0.265 e. The molecular formula is C12H13NO3. The molecule has 1 aromatic carbocycles. The minimum absolute atomic E-state index is 0.0505. The van der Waals surface area contributed by atoms with Crippen LogP contribution in [0, 0.1) is 0 Å². The second-order valence-electron chi connectivity index (χ2n) is 3.75. The normalized spacial score (nSPS) is 14.3. The van der Waals surface area contributed by atoms with E-state index in [9.17, 15) is 9.59 Å². The van der Waals surface area contributed by atoms with Crippen LogP contribution in [0.25, 0.3) is 0 Å². The number of ketones is 1. The topological polar surface area (TPSA) is 46.6 Å². The van der Waals surface area contributed by atoms with Gasteiger partial charge in [-0.15, -0.1) is 0 Å². The second kappa shape index (κ2) is 4.35. The molecule has 0 bridgehead atoms. The van der Waals surface area contributed by atoms with Crippen molar-refractivity contribution in [3.8, 4) is 5.75 Å². The van der Waals surface area contributed by atoms with Crippen LogP contribution in [-0.2, 0) is 9.59 Å². The van der Waals surface area contributed by atoms with E-state index < -0.39 is 0 Å². The zero-order chi connectivity index (χ0) is 11.5. The summed E-state index contributed by atoms with van der Waals surface area (Å²) in [5.41, 5.74) is 0.750. The van der Waals surface area contributed by atoms with E-state index in [4.69, 9.17) is 4.74 Å². The third-order valence-corrected chi connectivity index (χ3v) is 2.50. The van der Waals surface area contributed by atoms with Gasteiger partial charge in [0.25, 0.3) is 5.91 Å². The second-order valence-corrected chi connectivity index (χ2v) is 3.75. The number of hydrogen-bond acceptors (Lipinski definition) is 3. The quantitative estimate of drug-likeness (QED) is 0.771. The summed E-state index contributed by atoms with van der Waals surface area (Å²) in [5, 5.41) is 0. The van der Waals surface area contributed by atoms with E-state index in [1.54, 1.807) is 4.90 Å². The maximum absolute atomic E-state index is 11.7. The fourth-order valence-electron chi connectivity index (χ4n) is 1.67. The predicted octanol–water partition coefficient (Wildman–Crippen LogP) is 1.39. The summed E-state index contributed by atoms with van der Waals surface area (Å²) < 4.78 is 5.30. The molecule has 0 spiro atoms. The molecule has 1 amide bonds. The Balaban J connectivity index is 2.23. The van der Waals surface area contributed by atoms with Gasteiger partial charge in [0, 0.05) is 13.0 Å². The van der Waals surface area contributed by atoms with Gasteiger partial charge in [0.2, 0.25) is 0 Å². The SMILES string of the molecule is CC(=O)CCN1C(=O)COc2ccccc21.